The zero-order chi connectivity index (χ0) is 17.3. The molecule has 1 N–H and O–H groups in total. The fourth-order valence-electron chi connectivity index (χ4n) is 2.29. The summed E-state index contributed by atoms with van der Waals surface area (Å²) in [7, 11) is 1.74. The Morgan fingerprint density at radius 3 is 2.39 bits per heavy atom. The van der Waals surface area contributed by atoms with E-state index in [9.17, 15) is 4.79 Å². The molecule has 0 aromatic heterocycles. The van der Waals surface area contributed by atoms with Crippen molar-refractivity contribution in [3.05, 3.63) is 35.4 Å². The number of aliphatic imine (C=N–C) groups is 1. The number of nitrogens with zero attached hydrogens (tertiary/aromatic N) is 2. The van der Waals surface area contributed by atoms with Crippen molar-refractivity contribution in [2.45, 2.75) is 52.3 Å². The van der Waals surface area contributed by atoms with Gasteiger partial charge in [0.25, 0.3) is 0 Å². The van der Waals surface area contributed by atoms with Crippen molar-refractivity contribution in [2.75, 3.05) is 13.6 Å². The Bertz CT molecular complexity index is 598. The Kier molecular flexibility index (Phi) is 4.68. The van der Waals surface area contributed by atoms with E-state index in [1.807, 2.05) is 45.0 Å². The van der Waals surface area contributed by atoms with Crippen LogP contribution in [0.4, 0.5) is 4.79 Å². The quantitative estimate of drug-likeness (QED) is 0.931. The zero-order valence-electron chi connectivity index (χ0n) is 14.9. The van der Waals surface area contributed by atoms with Crippen LogP contribution in [0, 0.1) is 0 Å². The fraction of sp³-hybridized carbons (Fsp3) is 0.556. The minimum absolute atomic E-state index is 0.0188. The third-order valence-electron chi connectivity index (χ3n) is 3.44. The first kappa shape index (κ1) is 17.3. The Balaban J connectivity index is 1.97. The first-order valence-corrected chi connectivity index (χ1v) is 7.92. The SMILES string of the molecule is CN(Cc1ccc(C2=NCC(C)(C)N2)cc1)C(=O)OC(C)(C)C. The number of rotatable bonds is 3. The van der Waals surface area contributed by atoms with Crippen molar-refractivity contribution in [1.29, 1.82) is 0 Å². The lowest BCUT2D eigenvalue weighted by Gasteiger charge is -2.24. The van der Waals surface area contributed by atoms with Gasteiger partial charge >= 0.3 is 6.09 Å². The van der Waals surface area contributed by atoms with Crippen molar-refractivity contribution >= 4 is 11.9 Å². The first-order chi connectivity index (χ1) is 10.6. The van der Waals surface area contributed by atoms with Gasteiger partial charge in [0.05, 0.1) is 12.1 Å². The molecule has 1 heterocycles. The van der Waals surface area contributed by atoms with E-state index in [4.69, 9.17) is 4.74 Å². The number of nitrogens with one attached hydrogen (secondary N) is 1. The summed E-state index contributed by atoms with van der Waals surface area (Å²) < 4.78 is 5.36. The molecule has 0 radical (unpaired) electrons. The smallest absolute Gasteiger partial charge is 0.410 e. The van der Waals surface area contributed by atoms with Gasteiger partial charge in [-0.05, 0) is 40.2 Å². The second-order valence-electron chi connectivity index (χ2n) is 7.71. The van der Waals surface area contributed by atoms with Crippen molar-refractivity contribution < 1.29 is 9.53 Å². The van der Waals surface area contributed by atoms with Crippen LogP contribution in [0.5, 0.6) is 0 Å². The zero-order valence-corrected chi connectivity index (χ0v) is 14.9. The van der Waals surface area contributed by atoms with Crippen molar-refractivity contribution in [2.24, 2.45) is 4.99 Å². The normalized spacial score (nSPS) is 16.5. The highest BCUT2D eigenvalue weighted by molar-refractivity contribution is 6.00. The Morgan fingerprint density at radius 1 is 1.30 bits per heavy atom. The first-order valence-electron chi connectivity index (χ1n) is 7.92. The van der Waals surface area contributed by atoms with Crippen LogP contribution in [-0.2, 0) is 11.3 Å². The van der Waals surface area contributed by atoms with Crippen LogP contribution in [0.1, 0.15) is 45.7 Å². The van der Waals surface area contributed by atoms with Gasteiger partial charge in [-0.2, -0.15) is 0 Å². The lowest BCUT2D eigenvalue weighted by atomic mass is 10.1. The number of amides is 1. The number of amidine groups is 1. The number of hydrogen-bond acceptors (Lipinski definition) is 4. The summed E-state index contributed by atoms with van der Waals surface area (Å²) in [5, 5.41) is 3.42. The second kappa shape index (κ2) is 6.22. The van der Waals surface area contributed by atoms with Crippen molar-refractivity contribution in [3.63, 3.8) is 0 Å². The Labute approximate surface area is 138 Å². The molecule has 0 fully saturated rings. The van der Waals surface area contributed by atoms with Gasteiger partial charge in [0.2, 0.25) is 0 Å². The summed E-state index contributed by atoms with van der Waals surface area (Å²) in [6.07, 6.45) is -0.315. The van der Waals surface area contributed by atoms with Gasteiger partial charge in [0.1, 0.15) is 11.4 Å². The minimum atomic E-state index is -0.478. The van der Waals surface area contributed by atoms with Crippen LogP contribution >= 0.6 is 0 Å². The van der Waals surface area contributed by atoms with Crippen molar-refractivity contribution in [3.8, 4) is 0 Å². The molecule has 23 heavy (non-hydrogen) atoms. The third-order valence-corrected chi connectivity index (χ3v) is 3.44. The maximum absolute atomic E-state index is 12.0. The van der Waals surface area contributed by atoms with Crippen LogP contribution in [0.3, 0.4) is 0 Å². The second-order valence-corrected chi connectivity index (χ2v) is 7.71. The third kappa shape index (κ3) is 4.98. The van der Waals surface area contributed by atoms with E-state index in [2.05, 4.69) is 24.2 Å². The van der Waals surface area contributed by atoms with E-state index in [1.54, 1.807) is 11.9 Å². The summed E-state index contributed by atoms with van der Waals surface area (Å²) in [5.41, 5.74) is 1.67. The van der Waals surface area contributed by atoms with E-state index in [0.717, 1.165) is 23.5 Å². The monoisotopic (exact) mass is 317 g/mol. The van der Waals surface area contributed by atoms with Gasteiger partial charge in [-0.25, -0.2) is 4.79 Å². The lowest BCUT2D eigenvalue weighted by molar-refractivity contribution is 0.0285. The molecule has 1 aromatic carbocycles. The van der Waals surface area contributed by atoms with Crippen molar-refractivity contribution in [1.82, 2.24) is 10.2 Å². The molecule has 0 atom stereocenters. The molecule has 0 saturated carbocycles. The Morgan fingerprint density at radius 2 is 1.91 bits per heavy atom. The molecule has 126 valence electrons. The minimum Gasteiger partial charge on any atom is -0.444 e. The summed E-state index contributed by atoms with van der Waals surface area (Å²) in [5.74, 6) is 0.932. The highest BCUT2D eigenvalue weighted by atomic mass is 16.6. The highest BCUT2D eigenvalue weighted by Crippen LogP contribution is 2.16. The Hall–Kier alpha value is -2.04. The van der Waals surface area contributed by atoms with Crippen LogP contribution in [-0.4, -0.2) is 41.6 Å². The topological polar surface area (TPSA) is 53.9 Å². The largest absolute Gasteiger partial charge is 0.444 e. The molecular weight excluding hydrogens is 290 g/mol. The molecule has 2 rings (SSSR count). The van der Waals surface area contributed by atoms with E-state index in [0.29, 0.717) is 6.54 Å². The van der Waals surface area contributed by atoms with Gasteiger partial charge in [-0.15, -0.1) is 0 Å². The average molecular weight is 317 g/mol. The maximum atomic E-state index is 12.0. The molecular formula is C18H27N3O2. The van der Waals surface area contributed by atoms with Gasteiger partial charge in [0, 0.05) is 19.2 Å². The van der Waals surface area contributed by atoms with E-state index in [1.165, 1.54) is 0 Å². The van der Waals surface area contributed by atoms with E-state index in [-0.39, 0.29) is 11.6 Å². The number of benzene rings is 1. The molecule has 0 aliphatic carbocycles. The maximum Gasteiger partial charge on any atom is 0.410 e. The predicted molar refractivity (Wildman–Crippen MR) is 92.8 cm³/mol. The van der Waals surface area contributed by atoms with Crippen LogP contribution < -0.4 is 5.32 Å². The van der Waals surface area contributed by atoms with Gasteiger partial charge in [-0.1, -0.05) is 24.3 Å². The summed E-state index contributed by atoms with van der Waals surface area (Å²) >= 11 is 0. The summed E-state index contributed by atoms with van der Waals surface area (Å²) in [4.78, 5) is 18.1. The highest BCUT2D eigenvalue weighted by Gasteiger charge is 2.25. The molecule has 1 aromatic rings. The molecule has 1 aliphatic rings. The molecule has 0 unspecified atom stereocenters. The van der Waals surface area contributed by atoms with E-state index >= 15 is 0 Å². The summed E-state index contributed by atoms with van der Waals surface area (Å²) in [6, 6.07) is 8.11. The number of ether oxygens (including phenoxy) is 1. The standard InChI is InChI=1S/C18H27N3O2/c1-17(2,3)23-16(22)21(6)11-13-7-9-14(10-8-13)15-19-12-18(4,5)20-15/h7-10H,11-12H2,1-6H3,(H,19,20). The van der Waals surface area contributed by atoms with Gasteiger partial charge in [-0.3, -0.25) is 4.99 Å². The van der Waals surface area contributed by atoms with Gasteiger partial charge < -0.3 is 15.0 Å². The van der Waals surface area contributed by atoms with E-state index < -0.39 is 5.60 Å². The predicted octanol–water partition coefficient (Wildman–Crippen LogP) is 3.18. The molecule has 5 heteroatoms. The molecule has 1 aliphatic heterocycles. The molecule has 0 bridgehead atoms. The number of carbonyl (C=O) groups is 1. The molecule has 0 saturated heterocycles. The number of carbonyl (C=O) groups excluding carboxylic acids is 1. The summed E-state index contributed by atoms with van der Waals surface area (Å²) in [6.45, 7) is 11.2. The lowest BCUT2D eigenvalue weighted by Crippen LogP contribution is -2.39. The van der Waals surface area contributed by atoms with Crippen LogP contribution in [0.25, 0.3) is 0 Å². The molecule has 1 amide bonds. The van der Waals surface area contributed by atoms with Crippen LogP contribution in [0.15, 0.2) is 29.3 Å². The number of hydrogen-bond donors (Lipinski definition) is 1. The van der Waals surface area contributed by atoms with Crippen LogP contribution in [0.2, 0.25) is 0 Å². The molecule has 0 spiro atoms. The molecule has 5 nitrogen and oxygen atoms in total. The fourth-order valence-corrected chi connectivity index (χ4v) is 2.29. The average Bonchev–Trinajstić information content (AvgIpc) is 2.78. The van der Waals surface area contributed by atoms with Gasteiger partial charge in [0.15, 0.2) is 0 Å².